The summed E-state index contributed by atoms with van der Waals surface area (Å²) in [6.45, 7) is 1.39. The number of carbonyl (C=O) groups excluding carboxylic acids is 2. The van der Waals surface area contributed by atoms with Crippen molar-refractivity contribution in [3.63, 3.8) is 0 Å². The molecule has 3 N–H and O–H groups in total. The fraction of sp³-hybridized carbons (Fsp3) is 0.176. The van der Waals surface area contributed by atoms with Crippen LogP contribution in [0.5, 0.6) is 0 Å². The van der Waals surface area contributed by atoms with Crippen molar-refractivity contribution in [1.29, 1.82) is 0 Å². The monoisotopic (exact) mass is 333 g/mol. The van der Waals surface area contributed by atoms with Gasteiger partial charge in [-0.05, 0) is 36.8 Å². The largest absolute Gasteiger partial charge is 0.348 e. The first-order valence-corrected chi connectivity index (χ1v) is 7.30. The Hall–Kier alpha value is -2.96. The Kier molecular flexibility index (Phi) is 5.83. The average molecular weight is 333 g/mol. The molecular formula is C17H17F2N3O2. The van der Waals surface area contributed by atoms with Crippen LogP contribution in [0, 0.1) is 11.6 Å². The van der Waals surface area contributed by atoms with E-state index < -0.39 is 29.6 Å². The van der Waals surface area contributed by atoms with Gasteiger partial charge in [0, 0.05) is 5.69 Å². The maximum absolute atomic E-state index is 13.2. The molecule has 126 valence electrons. The van der Waals surface area contributed by atoms with Gasteiger partial charge in [0.05, 0.1) is 12.6 Å². The van der Waals surface area contributed by atoms with Gasteiger partial charge in [-0.2, -0.15) is 0 Å². The number of rotatable bonds is 5. The second-order valence-corrected chi connectivity index (χ2v) is 5.14. The molecule has 0 heterocycles. The van der Waals surface area contributed by atoms with Crippen LogP contribution in [0.3, 0.4) is 0 Å². The number of anilines is 1. The molecule has 0 saturated carbocycles. The first kappa shape index (κ1) is 17.4. The number of hydrogen-bond acceptors (Lipinski definition) is 2. The van der Waals surface area contributed by atoms with Crippen LogP contribution in [0.2, 0.25) is 0 Å². The van der Waals surface area contributed by atoms with Gasteiger partial charge < -0.3 is 16.0 Å². The second-order valence-electron chi connectivity index (χ2n) is 5.14. The third kappa shape index (κ3) is 5.05. The number of urea groups is 1. The van der Waals surface area contributed by atoms with E-state index in [1.54, 1.807) is 31.2 Å². The number of amides is 3. The van der Waals surface area contributed by atoms with Crippen molar-refractivity contribution in [1.82, 2.24) is 10.6 Å². The van der Waals surface area contributed by atoms with Gasteiger partial charge in [-0.3, -0.25) is 4.79 Å². The van der Waals surface area contributed by atoms with Crippen LogP contribution in [-0.2, 0) is 4.79 Å². The lowest BCUT2D eigenvalue weighted by molar-refractivity contribution is -0.120. The highest BCUT2D eigenvalue weighted by atomic mass is 19.2. The van der Waals surface area contributed by atoms with E-state index in [-0.39, 0.29) is 6.54 Å². The summed E-state index contributed by atoms with van der Waals surface area (Å²) in [5.41, 5.74) is 1.03. The van der Waals surface area contributed by atoms with Gasteiger partial charge in [-0.15, -0.1) is 0 Å². The van der Waals surface area contributed by atoms with Crippen molar-refractivity contribution < 1.29 is 18.4 Å². The molecule has 0 aliphatic carbocycles. The van der Waals surface area contributed by atoms with Gasteiger partial charge in [0.2, 0.25) is 5.91 Å². The van der Waals surface area contributed by atoms with Crippen LogP contribution in [0.15, 0.2) is 48.5 Å². The molecule has 0 aromatic heterocycles. The highest BCUT2D eigenvalue weighted by Gasteiger charge is 2.12. The van der Waals surface area contributed by atoms with E-state index in [0.717, 1.165) is 12.1 Å². The highest BCUT2D eigenvalue weighted by molar-refractivity contribution is 5.92. The first-order valence-electron chi connectivity index (χ1n) is 7.30. The van der Waals surface area contributed by atoms with Crippen molar-refractivity contribution in [3.8, 4) is 0 Å². The fourth-order valence-electron chi connectivity index (χ4n) is 2.01. The predicted octanol–water partition coefficient (Wildman–Crippen LogP) is 2.96. The van der Waals surface area contributed by atoms with Crippen molar-refractivity contribution >= 4 is 17.6 Å². The SMILES string of the molecule is C[C@H](NC(=O)CNC(=O)Nc1ccccc1)c1ccc(F)c(F)c1. The number of nitrogens with one attached hydrogen (secondary N) is 3. The molecule has 24 heavy (non-hydrogen) atoms. The molecule has 0 fully saturated rings. The summed E-state index contributed by atoms with van der Waals surface area (Å²) >= 11 is 0. The zero-order chi connectivity index (χ0) is 17.5. The predicted molar refractivity (Wildman–Crippen MR) is 86.4 cm³/mol. The van der Waals surface area contributed by atoms with Crippen LogP contribution in [-0.4, -0.2) is 18.5 Å². The molecule has 2 rings (SSSR count). The average Bonchev–Trinajstić information content (AvgIpc) is 2.56. The summed E-state index contributed by atoms with van der Waals surface area (Å²) < 4.78 is 26.1. The molecule has 0 unspecified atom stereocenters. The van der Waals surface area contributed by atoms with Gasteiger partial charge in [0.1, 0.15) is 0 Å². The molecule has 2 aromatic rings. The molecule has 0 saturated heterocycles. The summed E-state index contributed by atoms with van der Waals surface area (Å²) in [4.78, 5) is 23.5. The normalized spacial score (nSPS) is 11.5. The molecule has 3 amide bonds. The fourth-order valence-corrected chi connectivity index (χ4v) is 2.01. The molecule has 1 atom stereocenters. The molecule has 5 nitrogen and oxygen atoms in total. The Labute approximate surface area is 138 Å². The van der Waals surface area contributed by atoms with Gasteiger partial charge >= 0.3 is 6.03 Å². The molecule has 2 aromatic carbocycles. The summed E-state index contributed by atoms with van der Waals surface area (Å²) in [5, 5.41) is 7.58. The Balaban J connectivity index is 1.80. The lowest BCUT2D eigenvalue weighted by atomic mass is 10.1. The smallest absolute Gasteiger partial charge is 0.319 e. The highest BCUT2D eigenvalue weighted by Crippen LogP contribution is 2.15. The number of hydrogen-bond donors (Lipinski definition) is 3. The Bertz CT molecular complexity index is 723. The Morgan fingerprint density at radius 2 is 1.75 bits per heavy atom. The van der Waals surface area contributed by atoms with E-state index >= 15 is 0 Å². The third-order valence-corrected chi connectivity index (χ3v) is 3.26. The molecule has 7 heteroatoms. The molecule has 0 spiro atoms. The minimum atomic E-state index is -0.978. The quantitative estimate of drug-likeness (QED) is 0.787. The zero-order valence-corrected chi connectivity index (χ0v) is 13.0. The maximum atomic E-state index is 13.2. The van der Waals surface area contributed by atoms with Gasteiger partial charge in [-0.25, -0.2) is 13.6 Å². The molecular weight excluding hydrogens is 316 g/mol. The van der Waals surface area contributed by atoms with Crippen LogP contribution in [0.25, 0.3) is 0 Å². The van der Waals surface area contributed by atoms with E-state index in [2.05, 4.69) is 16.0 Å². The van der Waals surface area contributed by atoms with Crippen LogP contribution in [0.4, 0.5) is 19.3 Å². The van der Waals surface area contributed by atoms with Crippen LogP contribution < -0.4 is 16.0 Å². The summed E-state index contributed by atoms with van der Waals surface area (Å²) in [7, 11) is 0. The van der Waals surface area contributed by atoms with Crippen molar-refractivity contribution in [2.45, 2.75) is 13.0 Å². The maximum Gasteiger partial charge on any atom is 0.319 e. The summed E-state index contributed by atoms with van der Waals surface area (Å²) in [6, 6.07) is 11.2. The lowest BCUT2D eigenvalue weighted by Crippen LogP contribution is -2.39. The van der Waals surface area contributed by atoms with E-state index in [1.807, 2.05) is 6.07 Å². The van der Waals surface area contributed by atoms with Gasteiger partial charge in [-0.1, -0.05) is 24.3 Å². The summed E-state index contributed by atoms with van der Waals surface area (Å²) in [6.07, 6.45) is 0. The topological polar surface area (TPSA) is 70.2 Å². The summed E-state index contributed by atoms with van der Waals surface area (Å²) in [5.74, 6) is -2.37. The molecule has 0 aliphatic rings. The van der Waals surface area contributed by atoms with Gasteiger partial charge in [0.15, 0.2) is 11.6 Å². The number of halogens is 2. The standard InChI is InChI=1S/C17H17F2N3O2/c1-11(12-7-8-14(18)15(19)9-12)21-16(23)10-20-17(24)22-13-5-3-2-4-6-13/h2-9,11H,10H2,1H3,(H,21,23)(H2,20,22,24)/t11-/m0/s1. The lowest BCUT2D eigenvalue weighted by Gasteiger charge is -2.15. The van der Waals surface area contributed by atoms with Crippen molar-refractivity contribution in [2.24, 2.45) is 0 Å². The molecule has 0 radical (unpaired) electrons. The van der Waals surface area contributed by atoms with Crippen LogP contribution >= 0.6 is 0 Å². The first-order chi connectivity index (χ1) is 11.5. The van der Waals surface area contributed by atoms with Crippen LogP contribution in [0.1, 0.15) is 18.5 Å². The molecule has 0 aliphatic heterocycles. The van der Waals surface area contributed by atoms with Gasteiger partial charge in [0.25, 0.3) is 0 Å². The molecule has 0 bridgehead atoms. The Morgan fingerprint density at radius 1 is 1.04 bits per heavy atom. The van der Waals surface area contributed by atoms with E-state index in [9.17, 15) is 18.4 Å². The number of para-hydroxylation sites is 1. The minimum absolute atomic E-state index is 0.243. The second kappa shape index (κ2) is 8.05. The third-order valence-electron chi connectivity index (χ3n) is 3.26. The minimum Gasteiger partial charge on any atom is -0.348 e. The number of carbonyl (C=O) groups is 2. The van der Waals surface area contributed by atoms with Crippen molar-refractivity contribution in [2.75, 3.05) is 11.9 Å². The Morgan fingerprint density at radius 3 is 2.42 bits per heavy atom. The zero-order valence-electron chi connectivity index (χ0n) is 13.0. The van der Waals surface area contributed by atoms with E-state index in [1.165, 1.54) is 6.07 Å². The van der Waals surface area contributed by atoms with E-state index in [0.29, 0.717) is 11.3 Å². The van der Waals surface area contributed by atoms with Crippen molar-refractivity contribution in [3.05, 3.63) is 65.7 Å². The van der Waals surface area contributed by atoms with E-state index in [4.69, 9.17) is 0 Å². The number of benzene rings is 2.